The quantitative estimate of drug-likeness (QED) is 0.483. The number of amides is 1. The van der Waals surface area contributed by atoms with Crippen molar-refractivity contribution in [1.82, 2.24) is 15.3 Å². The Kier molecular flexibility index (Phi) is 3.94. The summed E-state index contributed by atoms with van der Waals surface area (Å²) >= 11 is 6.18. The molecule has 4 aromatic rings. The van der Waals surface area contributed by atoms with E-state index in [1.165, 1.54) is 16.6 Å². The molecular formula is C22H20ClN3O. The largest absolute Gasteiger partial charge is 0.361 e. The molecule has 2 aromatic heterocycles. The van der Waals surface area contributed by atoms with Gasteiger partial charge in [0.1, 0.15) is 0 Å². The first-order valence-corrected chi connectivity index (χ1v) is 9.68. The van der Waals surface area contributed by atoms with Crippen LogP contribution in [0.25, 0.3) is 21.8 Å². The maximum absolute atomic E-state index is 12.6. The fourth-order valence-corrected chi connectivity index (χ4v) is 4.41. The smallest absolute Gasteiger partial charge is 0.224 e. The summed E-state index contributed by atoms with van der Waals surface area (Å²) < 4.78 is 0. The number of aromatic amines is 2. The predicted octanol–water partition coefficient (Wildman–Crippen LogP) is 4.52. The fourth-order valence-electron chi connectivity index (χ4n) is 4.24. The summed E-state index contributed by atoms with van der Waals surface area (Å²) in [6, 6.07) is 14.2. The van der Waals surface area contributed by atoms with Gasteiger partial charge in [0, 0.05) is 44.8 Å². The zero-order valence-electron chi connectivity index (χ0n) is 14.8. The minimum absolute atomic E-state index is 0.0751. The molecule has 0 bridgehead atoms. The van der Waals surface area contributed by atoms with Gasteiger partial charge in [0.2, 0.25) is 5.91 Å². The molecule has 5 rings (SSSR count). The number of carbonyl (C=O) groups is 1. The number of aromatic nitrogens is 2. The van der Waals surface area contributed by atoms with Crippen LogP contribution in [-0.2, 0) is 24.1 Å². The molecule has 1 aliphatic carbocycles. The molecule has 0 fully saturated rings. The lowest BCUT2D eigenvalue weighted by Crippen LogP contribution is -2.39. The van der Waals surface area contributed by atoms with Crippen LogP contribution < -0.4 is 5.32 Å². The van der Waals surface area contributed by atoms with E-state index < -0.39 is 0 Å². The molecule has 5 heteroatoms. The SMILES string of the molecule is O=C(Cc1c[nH]c2ccccc12)NC1CCc2[nH]c3ccc(Cl)cc3c2C1. The van der Waals surface area contributed by atoms with E-state index in [-0.39, 0.29) is 11.9 Å². The van der Waals surface area contributed by atoms with Gasteiger partial charge in [-0.1, -0.05) is 29.8 Å². The van der Waals surface area contributed by atoms with Crippen molar-refractivity contribution in [3.8, 4) is 0 Å². The number of carbonyl (C=O) groups excluding carboxylic acids is 1. The third-order valence-corrected chi connectivity index (χ3v) is 5.78. The monoisotopic (exact) mass is 377 g/mol. The van der Waals surface area contributed by atoms with E-state index in [2.05, 4.69) is 21.4 Å². The summed E-state index contributed by atoms with van der Waals surface area (Å²) in [7, 11) is 0. The van der Waals surface area contributed by atoms with Crippen LogP contribution in [0, 0.1) is 0 Å². The summed E-state index contributed by atoms with van der Waals surface area (Å²) in [5.74, 6) is 0.0751. The number of hydrogen-bond acceptors (Lipinski definition) is 1. The molecule has 1 unspecified atom stereocenters. The van der Waals surface area contributed by atoms with Crippen molar-refractivity contribution in [3.63, 3.8) is 0 Å². The maximum Gasteiger partial charge on any atom is 0.224 e. The van der Waals surface area contributed by atoms with Gasteiger partial charge in [0.15, 0.2) is 0 Å². The molecule has 2 aromatic carbocycles. The van der Waals surface area contributed by atoms with E-state index in [0.717, 1.165) is 46.3 Å². The summed E-state index contributed by atoms with van der Waals surface area (Å²) in [5, 5.41) is 6.27. The normalized spacial score (nSPS) is 16.6. The standard InChI is InChI=1S/C22H20ClN3O/c23-14-5-7-20-17(10-14)18-11-15(6-8-21(18)26-20)25-22(27)9-13-12-24-19-4-2-1-3-16(13)19/h1-5,7,10,12,15,24,26H,6,8-9,11H2,(H,25,27). The Morgan fingerprint density at radius 3 is 2.96 bits per heavy atom. The van der Waals surface area contributed by atoms with Gasteiger partial charge in [0.05, 0.1) is 6.42 Å². The molecule has 4 nitrogen and oxygen atoms in total. The van der Waals surface area contributed by atoms with Crippen molar-refractivity contribution < 1.29 is 4.79 Å². The van der Waals surface area contributed by atoms with Gasteiger partial charge in [-0.25, -0.2) is 0 Å². The van der Waals surface area contributed by atoms with Crippen LogP contribution in [0.2, 0.25) is 5.02 Å². The van der Waals surface area contributed by atoms with Crippen molar-refractivity contribution in [2.75, 3.05) is 0 Å². The second-order valence-electron chi connectivity index (χ2n) is 7.32. The highest BCUT2D eigenvalue weighted by atomic mass is 35.5. The average molecular weight is 378 g/mol. The first kappa shape index (κ1) is 16.5. The summed E-state index contributed by atoms with van der Waals surface area (Å²) in [5.41, 5.74) is 5.79. The molecule has 136 valence electrons. The number of hydrogen-bond donors (Lipinski definition) is 3. The number of aryl methyl sites for hydroxylation is 1. The Morgan fingerprint density at radius 2 is 2.04 bits per heavy atom. The van der Waals surface area contributed by atoms with E-state index in [1.807, 2.05) is 42.6 Å². The maximum atomic E-state index is 12.6. The van der Waals surface area contributed by atoms with Crippen molar-refractivity contribution in [3.05, 3.63) is 70.5 Å². The molecule has 0 saturated carbocycles. The van der Waals surface area contributed by atoms with Crippen LogP contribution in [0.15, 0.2) is 48.7 Å². The molecule has 2 heterocycles. The molecule has 0 spiro atoms. The molecule has 3 N–H and O–H groups in total. The fraction of sp³-hybridized carbons (Fsp3) is 0.227. The van der Waals surface area contributed by atoms with E-state index >= 15 is 0 Å². The first-order valence-electron chi connectivity index (χ1n) is 9.31. The van der Waals surface area contributed by atoms with Gasteiger partial charge >= 0.3 is 0 Å². The first-order chi connectivity index (χ1) is 13.2. The van der Waals surface area contributed by atoms with Crippen LogP contribution in [0.1, 0.15) is 23.2 Å². The summed E-state index contributed by atoms with van der Waals surface area (Å²) in [6.45, 7) is 0. The number of H-pyrrole nitrogens is 2. The molecule has 1 atom stereocenters. The highest BCUT2D eigenvalue weighted by molar-refractivity contribution is 6.31. The number of fused-ring (bicyclic) bond motifs is 4. The van der Waals surface area contributed by atoms with E-state index in [4.69, 9.17) is 11.6 Å². The highest BCUT2D eigenvalue weighted by Gasteiger charge is 2.24. The van der Waals surface area contributed by atoms with Gasteiger partial charge in [-0.3, -0.25) is 4.79 Å². The topological polar surface area (TPSA) is 60.7 Å². The number of benzene rings is 2. The van der Waals surface area contributed by atoms with Crippen molar-refractivity contribution in [1.29, 1.82) is 0 Å². The Balaban J connectivity index is 1.33. The van der Waals surface area contributed by atoms with Crippen LogP contribution in [-0.4, -0.2) is 21.9 Å². The zero-order chi connectivity index (χ0) is 18.4. The van der Waals surface area contributed by atoms with Gasteiger partial charge in [0.25, 0.3) is 0 Å². The third kappa shape index (κ3) is 3.00. The summed E-state index contributed by atoms with van der Waals surface area (Å²) in [4.78, 5) is 19.4. The Labute approximate surface area is 161 Å². The molecule has 1 amide bonds. The predicted molar refractivity (Wildman–Crippen MR) is 109 cm³/mol. The summed E-state index contributed by atoms with van der Waals surface area (Å²) in [6.07, 6.45) is 5.07. The Hall–Kier alpha value is -2.72. The van der Waals surface area contributed by atoms with Crippen molar-refractivity contribution >= 4 is 39.3 Å². The highest BCUT2D eigenvalue weighted by Crippen LogP contribution is 2.31. The number of nitrogens with one attached hydrogen (secondary N) is 3. The zero-order valence-corrected chi connectivity index (χ0v) is 15.6. The number of rotatable bonds is 3. The lowest BCUT2D eigenvalue weighted by molar-refractivity contribution is -0.121. The second kappa shape index (κ2) is 6.46. The third-order valence-electron chi connectivity index (χ3n) is 5.54. The lowest BCUT2D eigenvalue weighted by Gasteiger charge is -2.23. The molecule has 1 aliphatic rings. The molecular weight excluding hydrogens is 358 g/mol. The molecule has 27 heavy (non-hydrogen) atoms. The molecule has 0 aliphatic heterocycles. The minimum Gasteiger partial charge on any atom is -0.361 e. The number of halogens is 1. The number of para-hydroxylation sites is 1. The average Bonchev–Trinajstić information content (AvgIpc) is 3.23. The van der Waals surface area contributed by atoms with Gasteiger partial charge in [-0.05, 0) is 54.7 Å². The van der Waals surface area contributed by atoms with Crippen LogP contribution in [0.3, 0.4) is 0 Å². The molecule has 0 saturated heterocycles. The van der Waals surface area contributed by atoms with Gasteiger partial charge in [-0.15, -0.1) is 0 Å². The minimum atomic E-state index is 0.0751. The Bertz CT molecular complexity index is 1160. The lowest BCUT2D eigenvalue weighted by atomic mass is 9.91. The second-order valence-corrected chi connectivity index (χ2v) is 7.75. The van der Waals surface area contributed by atoms with E-state index in [9.17, 15) is 4.79 Å². The van der Waals surface area contributed by atoms with Crippen LogP contribution in [0.4, 0.5) is 0 Å². The van der Waals surface area contributed by atoms with Gasteiger partial charge < -0.3 is 15.3 Å². The molecule has 0 radical (unpaired) electrons. The van der Waals surface area contributed by atoms with Crippen LogP contribution >= 0.6 is 11.6 Å². The Morgan fingerprint density at radius 1 is 1.15 bits per heavy atom. The van der Waals surface area contributed by atoms with Crippen LogP contribution in [0.5, 0.6) is 0 Å². The van der Waals surface area contributed by atoms with Crippen molar-refractivity contribution in [2.24, 2.45) is 0 Å². The van der Waals surface area contributed by atoms with E-state index in [0.29, 0.717) is 6.42 Å². The van der Waals surface area contributed by atoms with Crippen molar-refractivity contribution in [2.45, 2.75) is 31.7 Å². The van der Waals surface area contributed by atoms with E-state index in [1.54, 1.807) is 0 Å². The van der Waals surface area contributed by atoms with Gasteiger partial charge in [-0.2, -0.15) is 0 Å².